The van der Waals surface area contributed by atoms with Crippen LogP contribution in [0.25, 0.3) is 0 Å². The number of hydrogen-bond acceptors (Lipinski definition) is 4. The smallest absolute Gasteiger partial charge is 0.221 e. The van der Waals surface area contributed by atoms with E-state index >= 15 is 0 Å². The summed E-state index contributed by atoms with van der Waals surface area (Å²) in [6, 6.07) is 8.05. The van der Waals surface area contributed by atoms with Crippen LogP contribution in [0.15, 0.2) is 24.3 Å². The highest BCUT2D eigenvalue weighted by molar-refractivity contribution is 5.89. The van der Waals surface area contributed by atoms with Gasteiger partial charge >= 0.3 is 0 Å². The van der Waals surface area contributed by atoms with Crippen LogP contribution in [-0.2, 0) is 20.8 Å². The summed E-state index contributed by atoms with van der Waals surface area (Å²) in [5.41, 5.74) is 2.10. The third-order valence-electron chi connectivity index (χ3n) is 4.85. The summed E-state index contributed by atoms with van der Waals surface area (Å²) in [6.45, 7) is 7.10. The second-order valence-corrected chi connectivity index (χ2v) is 6.88. The van der Waals surface area contributed by atoms with E-state index in [-0.39, 0.29) is 5.91 Å². The zero-order valence-electron chi connectivity index (χ0n) is 14.5. The Morgan fingerprint density at radius 3 is 2.79 bits per heavy atom. The average molecular weight is 332 g/mol. The van der Waals surface area contributed by atoms with Gasteiger partial charge < -0.3 is 14.8 Å². The van der Waals surface area contributed by atoms with Crippen LogP contribution in [-0.4, -0.2) is 49.8 Å². The minimum atomic E-state index is -0.0227. The number of amides is 1. The summed E-state index contributed by atoms with van der Waals surface area (Å²) in [5.74, 6) is 0.568. The van der Waals surface area contributed by atoms with E-state index in [1.54, 1.807) is 6.92 Å². The molecule has 1 N–H and O–H groups in total. The van der Waals surface area contributed by atoms with E-state index in [0.717, 1.165) is 64.4 Å². The van der Waals surface area contributed by atoms with Crippen molar-refractivity contribution in [1.82, 2.24) is 4.90 Å². The van der Waals surface area contributed by atoms with Gasteiger partial charge in [0.2, 0.25) is 5.91 Å². The van der Waals surface area contributed by atoms with Gasteiger partial charge in [0.1, 0.15) is 0 Å². The summed E-state index contributed by atoms with van der Waals surface area (Å²) in [4.78, 5) is 13.8. The summed E-state index contributed by atoms with van der Waals surface area (Å²) in [5, 5.41) is 2.92. The molecule has 0 aromatic heterocycles. The minimum absolute atomic E-state index is 0.0227. The summed E-state index contributed by atoms with van der Waals surface area (Å²) >= 11 is 0. The molecule has 2 heterocycles. The van der Waals surface area contributed by atoms with Gasteiger partial charge in [-0.25, -0.2) is 0 Å². The van der Waals surface area contributed by atoms with E-state index in [0.29, 0.717) is 12.0 Å². The molecule has 5 heteroatoms. The number of likely N-dealkylation sites (tertiary alicyclic amines) is 1. The molecule has 2 aliphatic heterocycles. The van der Waals surface area contributed by atoms with Crippen molar-refractivity contribution in [3.8, 4) is 0 Å². The monoisotopic (exact) mass is 332 g/mol. The molecule has 1 aromatic rings. The highest BCUT2D eigenvalue weighted by atomic mass is 16.5. The van der Waals surface area contributed by atoms with Crippen molar-refractivity contribution in [1.29, 1.82) is 0 Å². The second-order valence-electron chi connectivity index (χ2n) is 6.88. The number of rotatable bonds is 6. The molecule has 0 spiro atoms. The number of carbonyl (C=O) groups excluding carboxylic acids is 1. The lowest BCUT2D eigenvalue weighted by molar-refractivity contribution is -0.114. The van der Waals surface area contributed by atoms with E-state index in [2.05, 4.69) is 16.3 Å². The van der Waals surface area contributed by atoms with Gasteiger partial charge in [0.05, 0.1) is 19.3 Å². The lowest BCUT2D eigenvalue weighted by atomic mass is 10.1. The number of para-hydroxylation sites is 1. The Hall–Kier alpha value is -1.43. The van der Waals surface area contributed by atoms with Crippen LogP contribution in [0.3, 0.4) is 0 Å². The lowest BCUT2D eigenvalue weighted by Crippen LogP contribution is -2.37. The van der Waals surface area contributed by atoms with Crippen LogP contribution in [0.5, 0.6) is 0 Å². The Morgan fingerprint density at radius 1 is 1.29 bits per heavy atom. The van der Waals surface area contributed by atoms with Crippen LogP contribution in [0.1, 0.15) is 31.7 Å². The molecular weight excluding hydrogens is 304 g/mol. The van der Waals surface area contributed by atoms with Gasteiger partial charge in [-0.05, 0) is 30.9 Å². The largest absolute Gasteiger partial charge is 0.381 e. The van der Waals surface area contributed by atoms with E-state index in [1.807, 2.05) is 18.2 Å². The molecule has 3 rings (SSSR count). The number of nitrogens with one attached hydrogen (secondary N) is 1. The maximum absolute atomic E-state index is 11.3. The summed E-state index contributed by atoms with van der Waals surface area (Å²) < 4.78 is 11.5. The van der Waals surface area contributed by atoms with Gasteiger partial charge in [0, 0.05) is 44.8 Å². The number of piperidine rings is 1. The first kappa shape index (κ1) is 17.4. The topological polar surface area (TPSA) is 50.8 Å². The fourth-order valence-corrected chi connectivity index (χ4v) is 3.43. The molecular formula is C19H28N2O3. The van der Waals surface area contributed by atoms with Crippen molar-refractivity contribution < 1.29 is 14.3 Å². The van der Waals surface area contributed by atoms with Crippen LogP contribution in [0.4, 0.5) is 5.69 Å². The third kappa shape index (κ3) is 5.03. The van der Waals surface area contributed by atoms with E-state index in [1.165, 1.54) is 5.56 Å². The Labute approximate surface area is 144 Å². The molecule has 0 unspecified atom stereocenters. The van der Waals surface area contributed by atoms with Crippen molar-refractivity contribution in [2.24, 2.45) is 5.92 Å². The molecule has 0 radical (unpaired) electrons. The molecule has 0 bridgehead atoms. The molecule has 0 saturated carbocycles. The van der Waals surface area contributed by atoms with Gasteiger partial charge in [-0.15, -0.1) is 0 Å². The first-order valence-corrected chi connectivity index (χ1v) is 8.98. The van der Waals surface area contributed by atoms with Gasteiger partial charge in [0.15, 0.2) is 0 Å². The minimum Gasteiger partial charge on any atom is -0.381 e. The van der Waals surface area contributed by atoms with Crippen LogP contribution >= 0.6 is 0 Å². The maximum atomic E-state index is 11.3. The Kier molecular flexibility index (Phi) is 6.24. The Balaban J connectivity index is 1.44. The second kappa shape index (κ2) is 8.60. The van der Waals surface area contributed by atoms with Crippen molar-refractivity contribution >= 4 is 11.6 Å². The third-order valence-corrected chi connectivity index (χ3v) is 4.85. The quantitative estimate of drug-likeness (QED) is 0.870. The SMILES string of the molecule is CC(=O)Nc1ccccc1CN1CCC(OC[C@H]2CCOC2)CC1. The normalized spacial score (nSPS) is 22.6. The van der Waals surface area contributed by atoms with Crippen molar-refractivity contribution in [2.75, 3.05) is 38.2 Å². The number of anilines is 1. The van der Waals surface area contributed by atoms with Gasteiger partial charge in [-0.2, -0.15) is 0 Å². The van der Waals surface area contributed by atoms with E-state index in [9.17, 15) is 4.79 Å². The van der Waals surface area contributed by atoms with Crippen molar-refractivity contribution in [3.05, 3.63) is 29.8 Å². The molecule has 0 aliphatic carbocycles. The van der Waals surface area contributed by atoms with Crippen molar-refractivity contribution in [3.63, 3.8) is 0 Å². The number of nitrogens with zero attached hydrogens (tertiary/aromatic N) is 1. The van der Waals surface area contributed by atoms with E-state index in [4.69, 9.17) is 9.47 Å². The average Bonchev–Trinajstić information content (AvgIpc) is 3.09. The fraction of sp³-hybridized carbons (Fsp3) is 0.632. The zero-order valence-corrected chi connectivity index (χ0v) is 14.5. The molecule has 2 aliphatic rings. The fourth-order valence-electron chi connectivity index (χ4n) is 3.43. The number of hydrogen-bond donors (Lipinski definition) is 1. The first-order chi connectivity index (χ1) is 11.7. The van der Waals surface area contributed by atoms with Crippen molar-refractivity contribution in [2.45, 2.75) is 38.8 Å². The van der Waals surface area contributed by atoms with Crippen LogP contribution in [0, 0.1) is 5.92 Å². The molecule has 2 saturated heterocycles. The van der Waals surface area contributed by atoms with Gasteiger partial charge in [0.25, 0.3) is 0 Å². The zero-order chi connectivity index (χ0) is 16.8. The maximum Gasteiger partial charge on any atom is 0.221 e. The van der Waals surface area contributed by atoms with E-state index < -0.39 is 0 Å². The highest BCUT2D eigenvalue weighted by Gasteiger charge is 2.23. The molecule has 2 fully saturated rings. The number of benzene rings is 1. The van der Waals surface area contributed by atoms with Crippen LogP contribution < -0.4 is 5.32 Å². The van der Waals surface area contributed by atoms with Gasteiger partial charge in [-0.1, -0.05) is 18.2 Å². The Bertz CT molecular complexity index is 535. The Morgan fingerprint density at radius 2 is 2.08 bits per heavy atom. The van der Waals surface area contributed by atoms with Gasteiger partial charge in [-0.3, -0.25) is 9.69 Å². The molecule has 132 valence electrons. The predicted octanol–water partition coefficient (Wildman–Crippen LogP) is 2.66. The summed E-state index contributed by atoms with van der Waals surface area (Å²) in [7, 11) is 0. The standard InChI is InChI=1S/C19H28N2O3/c1-15(22)20-19-5-3-2-4-17(19)12-21-9-6-18(7-10-21)24-14-16-8-11-23-13-16/h2-5,16,18H,6-14H2,1H3,(H,20,22)/t16-/m0/s1. The summed E-state index contributed by atoms with van der Waals surface area (Å²) in [6.07, 6.45) is 3.68. The molecule has 1 amide bonds. The number of carbonyl (C=O) groups is 1. The molecule has 1 aromatic carbocycles. The first-order valence-electron chi connectivity index (χ1n) is 8.98. The number of ether oxygens (including phenoxy) is 2. The molecule has 1 atom stereocenters. The molecule has 5 nitrogen and oxygen atoms in total. The predicted molar refractivity (Wildman–Crippen MR) is 93.9 cm³/mol. The van der Waals surface area contributed by atoms with Crippen LogP contribution in [0.2, 0.25) is 0 Å². The highest BCUT2D eigenvalue weighted by Crippen LogP contribution is 2.22. The lowest BCUT2D eigenvalue weighted by Gasteiger charge is -2.32. The molecule has 24 heavy (non-hydrogen) atoms.